The lowest BCUT2D eigenvalue weighted by atomic mass is 9.94. The van der Waals surface area contributed by atoms with Gasteiger partial charge in [0.1, 0.15) is 18.1 Å². The molecule has 4 aromatic rings. The van der Waals surface area contributed by atoms with Crippen LogP contribution in [0.15, 0.2) is 108 Å². The van der Waals surface area contributed by atoms with Gasteiger partial charge in [-0.3, -0.25) is 14.6 Å². The molecule has 0 spiro atoms. The predicted molar refractivity (Wildman–Crippen MR) is 179 cm³/mol. The zero-order valence-corrected chi connectivity index (χ0v) is 27.7. The van der Waals surface area contributed by atoms with Crippen LogP contribution in [0.4, 0.5) is 0 Å². The molecule has 0 aromatic heterocycles. The molecule has 0 radical (unpaired) electrons. The Morgan fingerprint density at radius 1 is 0.796 bits per heavy atom. The zero-order chi connectivity index (χ0) is 35.1. The fourth-order valence-corrected chi connectivity index (χ4v) is 7.45. The Labute approximate surface area is 284 Å². The van der Waals surface area contributed by atoms with Crippen LogP contribution in [0.2, 0.25) is 0 Å². The average molecular weight is 688 g/mol. The summed E-state index contributed by atoms with van der Waals surface area (Å²) in [6, 6.07) is 24.0. The number of rotatable bonds is 14. The van der Waals surface area contributed by atoms with E-state index in [1.165, 1.54) is 32.4 Å². The maximum Gasteiger partial charge on any atom is 0.328 e. The van der Waals surface area contributed by atoms with E-state index in [-0.39, 0.29) is 36.5 Å². The second-order valence-electron chi connectivity index (χ2n) is 11.5. The topological polar surface area (TPSA) is 163 Å². The highest BCUT2D eigenvalue weighted by molar-refractivity contribution is 7.89. The van der Waals surface area contributed by atoms with Crippen molar-refractivity contribution in [3.05, 3.63) is 125 Å². The normalized spacial score (nSPS) is 15.8. The first kappa shape index (κ1) is 35.1. The number of benzene rings is 4. The van der Waals surface area contributed by atoms with Gasteiger partial charge in [-0.15, -0.1) is 0 Å². The van der Waals surface area contributed by atoms with Crippen LogP contribution >= 0.6 is 0 Å². The molecule has 1 aliphatic rings. The van der Waals surface area contributed by atoms with Crippen molar-refractivity contribution >= 4 is 27.9 Å². The molecule has 13 heteroatoms. The standard InChI is InChI=1S/C36H37N3O9S/c1-47-32-18-17-28(22-33(32)48-2)49(45,46)38-23-27-16-10-9-15-26(27)21-30(38)34(40)39(31(36(43)44)20-25-13-7-4-8-14-25)37-29(35(41)42)19-24-11-5-3-6-12-24/h3-18,22,29-31,37H,19-21,23H2,1-2H3,(H,41,42)(H,43,44)/t29?,30-,31?/m0/s1. The Morgan fingerprint density at radius 2 is 1.37 bits per heavy atom. The Morgan fingerprint density at radius 3 is 1.94 bits per heavy atom. The Kier molecular flexibility index (Phi) is 11.0. The van der Waals surface area contributed by atoms with E-state index >= 15 is 0 Å². The number of aliphatic carboxylic acids is 2. The summed E-state index contributed by atoms with van der Waals surface area (Å²) >= 11 is 0. The number of methoxy groups -OCH3 is 2. The molecule has 3 N–H and O–H groups in total. The average Bonchev–Trinajstić information content (AvgIpc) is 3.12. The van der Waals surface area contributed by atoms with Crippen molar-refractivity contribution in [2.75, 3.05) is 14.2 Å². The number of hydrogen-bond acceptors (Lipinski definition) is 8. The summed E-state index contributed by atoms with van der Waals surface area (Å²) < 4.78 is 40.4. The van der Waals surface area contributed by atoms with E-state index in [0.29, 0.717) is 28.0 Å². The number of amides is 1. The van der Waals surface area contributed by atoms with E-state index < -0.39 is 46.0 Å². The van der Waals surface area contributed by atoms with Crippen LogP contribution in [0, 0.1) is 0 Å². The minimum absolute atomic E-state index is 0.0845. The molecule has 0 bridgehead atoms. The zero-order valence-electron chi connectivity index (χ0n) is 26.9. The number of hydrazine groups is 1. The summed E-state index contributed by atoms with van der Waals surface area (Å²) in [5.41, 5.74) is 5.30. The van der Waals surface area contributed by atoms with Gasteiger partial charge in [0.25, 0.3) is 5.91 Å². The first-order valence-electron chi connectivity index (χ1n) is 15.5. The molecule has 3 atom stereocenters. The SMILES string of the molecule is COc1ccc(S(=O)(=O)N2Cc3ccccc3C[C@H]2C(=O)N(NC(Cc2ccccc2)C(=O)O)C(Cc2ccccc2)C(=O)O)cc1OC. The molecule has 1 aliphatic heterocycles. The van der Waals surface area contributed by atoms with Crippen molar-refractivity contribution in [3.63, 3.8) is 0 Å². The minimum atomic E-state index is -4.43. The lowest BCUT2D eigenvalue weighted by Crippen LogP contribution is -2.64. The highest BCUT2D eigenvalue weighted by atomic mass is 32.2. The van der Waals surface area contributed by atoms with E-state index in [0.717, 1.165) is 9.31 Å². The smallest absolute Gasteiger partial charge is 0.328 e. The van der Waals surface area contributed by atoms with Crippen molar-refractivity contribution in [1.29, 1.82) is 0 Å². The highest BCUT2D eigenvalue weighted by Gasteiger charge is 2.45. The Balaban J connectivity index is 1.61. The fraction of sp³-hybridized carbons (Fsp3) is 0.250. The predicted octanol–water partition coefficient (Wildman–Crippen LogP) is 3.54. The second-order valence-corrected chi connectivity index (χ2v) is 13.4. The van der Waals surface area contributed by atoms with Gasteiger partial charge in [-0.1, -0.05) is 84.9 Å². The van der Waals surface area contributed by atoms with E-state index in [1.807, 2.05) is 0 Å². The number of carbonyl (C=O) groups is 3. The molecule has 5 rings (SSSR count). The minimum Gasteiger partial charge on any atom is -0.493 e. The van der Waals surface area contributed by atoms with Crippen LogP contribution in [0.25, 0.3) is 0 Å². The number of hydrogen-bond donors (Lipinski definition) is 3. The van der Waals surface area contributed by atoms with E-state index in [2.05, 4.69) is 5.43 Å². The molecule has 0 fully saturated rings. The van der Waals surface area contributed by atoms with Gasteiger partial charge in [0.2, 0.25) is 10.0 Å². The summed E-state index contributed by atoms with van der Waals surface area (Å²) in [6.45, 7) is -0.195. The van der Waals surface area contributed by atoms with Crippen LogP contribution in [-0.4, -0.2) is 78.1 Å². The van der Waals surface area contributed by atoms with Gasteiger partial charge >= 0.3 is 11.9 Å². The molecule has 49 heavy (non-hydrogen) atoms. The number of sulfonamides is 1. The maximum atomic E-state index is 14.8. The van der Waals surface area contributed by atoms with Crippen LogP contribution < -0.4 is 14.9 Å². The van der Waals surface area contributed by atoms with Crippen molar-refractivity contribution < 1.29 is 42.5 Å². The molecule has 4 aromatic carbocycles. The van der Waals surface area contributed by atoms with Crippen LogP contribution in [0.1, 0.15) is 22.3 Å². The summed E-state index contributed by atoms with van der Waals surface area (Å²) in [4.78, 5) is 40.2. The lowest BCUT2D eigenvalue weighted by molar-refractivity contribution is -0.159. The van der Waals surface area contributed by atoms with Gasteiger partial charge in [-0.05, 0) is 40.8 Å². The molecule has 2 unspecified atom stereocenters. The monoisotopic (exact) mass is 687 g/mol. The second kappa shape index (κ2) is 15.3. The molecular weight excluding hydrogens is 650 g/mol. The van der Waals surface area contributed by atoms with Gasteiger partial charge in [-0.25, -0.2) is 18.6 Å². The third-order valence-electron chi connectivity index (χ3n) is 8.43. The number of nitrogens with one attached hydrogen (secondary N) is 1. The van der Waals surface area contributed by atoms with Gasteiger partial charge in [0.05, 0.1) is 19.1 Å². The number of fused-ring (bicyclic) bond motifs is 1. The number of carboxylic acid groups (broad SMARTS) is 2. The molecule has 12 nitrogen and oxygen atoms in total. The van der Waals surface area contributed by atoms with E-state index in [1.54, 1.807) is 84.9 Å². The third kappa shape index (κ3) is 7.91. The number of ether oxygens (including phenoxy) is 2. The van der Waals surface area contributed by atoms with E-state index in [9.17, 15) is 33.0 Å². The van der Waals surface area contributed by atoms with Crippen molar-refractivity contribution in [2.24, 2.45) is 0 Å². The molecule has 0 saturated heterocycles. The fourth-order valence-electron chi connectivity index (χ4n) is 5.87. The van der Waals surface area contributed by atoms with Crippen LogP contribution in [0.3, 0.4) is 0 Å². The Hall–Kier alpha value is -5.24. The van der Waals surface area contributed by atoms with Crippen LogP contribution in [-0.2, 0) is 50.2 Å². The highest BCUT2D eigenvalue weighted by Crippen LogP contribution is 2.34. The van der Waals surface area contributed by atoms with E-state index in [4.69, 9.17) is 9.47 Å². The molecule has 256 valence electrons. The molecule has 0 aliphatic carbocycles. The van der Waals surface area contributed by atoms with Crippen molar-refractivity contribution in [2.45, 2.75) is 48.8 Å². The summed E-state index contributed by atoms with van der Waals surface area (Å²) in [6.07, 6.45) is -0.356. The van der Waals surface area contributed by atoms with Gasteiger partial charge in [-0.2, -0.15) is 4.31 Å². The molecule has 0 saturated carbocycles. The largest absolute Gasteiger partial charge is 0.493 e. The number of carboxylic acids is 2. The van der Waals surface area contributed by atoms with Crippen molar-refractivity contribution in [3.8, 4) is 11.5 Å². The first-order valence-corrected chi connectivity index (χ1v) is 16.9. The molecule has 1 heterocycles. The Bertz CT molecular complexity index is 1910. The first-order chi connectivity index (χ1) is 23.5. The third-order valence-corrected chi connectivity index (χ3v) is 10.3. The number of nitrogens with zero attached hydrogens (tertiary/aromatic N) is 2. The molecule has 1 amide bonds. The summed E-state index contributed by atoms with van der Waals surface area (Å²) in [5, 5.41) is 21.6. The summed E-state index contributed by atoms with van der Waals surface area (Å²) in [7, 11) is -1.64. The van der Waals surface area contributed by atoms with Crippen LogP contribution in [0.5, 0.6) is 11.5 Å². The lowest BCUT2D eigenvalue weighted by Gasteiger charge is -2.40. The molecular formula is C36H37N3O9S. The van der Waals surface area contributed by atoms with Gasteiger partial charge in [0.15, 0.2) is 11.5 Å². The van der Waals surface area contributed by atoms with Crippen molar-refractivity contribution in [1.82, 2.24) is 14.7 Å². The maximum absolute atomic E-state index is 14.8. The van der Waals surface area contributed by atoms with Gasteiger partial charge in [0, 0.05) is 25.5 Å². The summed E-state index contributed by atoms with van der Waals surface area (Å²) in [5.74, 6) is -3.18. The van der Waals surface area contributed by atoms with Gasteiger partial charge < -0.3 is 19.7 Å². The number of carbonyl (C=O) groups excluding carboxylic acids is 1. The quantitative estimate of drug-likeness (QED) is 0.167.